The fourth-order valence-corrected chi connectivity index (χ4v) is 7.84. The summed E-state index contributed by atoms with van der Waals surface area (Å²) in [7, 11) is 0. The van der Waals surface area contributed by atoms with E-state index < -0.39 is 64.4 Å². The van der Waals surface area contributed by atoms with Crippen molar-refractivity contribution >= 4 is 5.97 Å². The predicted octanol–water partition coefficient (Wildman–Crippen LogP) is 2.90. The second-order valence-electron chi connectivity index (χ2n) is 12.2. The van der Waals surface area contributed by atoms with E-state index in [9.17, 15) is 25.0 Å². The van der Waals surface area contributed by atoms with Crippen LogP contribution in [0.5, 0.6) is 5.75 Å². The van der Waals surface area contributed by atoms with E-state index in [1.165, 1.54) is 6.92 Å². The molecule has 37 heavy (non-hydrogen) atoms. The summed E-state index contributed by atoms with van der Waals surface area (Å²) >= 11 is 0. The Labute approximate surface area is 216 Å². The lowest BCUT2D eigenvalue weighted by molar-refractivity contribution is -0.336. The molecule has 1 aromatic rings. The number of aliphatic hydroxyl groups excluding tert-OH is 1. The third-order valence-electron chi connectivity index (χ3n) is 9.87. The average molecular weight is 516 g/mol. The molecule has 9 atom stereocenters. The van der Waals surface area contributed by atoms with Gasteiger partial charge >= 0.3 is 5.97 Å². The molecule has 0 radical (unpaired) electrons. The molecule has 1 aromatic carbocycles. The summed E-state index contributed by atoms with van der Waals surface area (Å²) in [6.07, 6.45) is -3.26. The molecule has 0 aromatic heterocycles. The lowest BCUT2D eigenvalue weighted by atomic mass is 9.44. The molecular weight excluding hydrogens is 478 g/mol. The zero-order valence-corrected chi connectivity index (χ0v) is 22.0. The van der Waals surface area contributed by atoms with Gasteiger partial charge in [0.15, 0.2) is 0 Å². The Morgan fingerprint density at radius 3 is 2.38 bits per heavy atom. The van der Waals surface area contributed by atoms with Crippen LogP contribution in [0.4, 0.5) is 0 Å². The minimum absolute atomic E-state index is 0.0111. The Morgan fingerprint density at radius 2 is 1.81 bits per heavy atom. The minimum atomic E-state index is -1.72. The number of nitroso groups, excluding NO2 is 1. The SMILES string of the molecule is CC(=O)OC1C[C@@]2(C)C([C@H](Oc3ccccc3)[C@]3(O)C[C@H](O)C(C)=C1C3(C)C)[C@]1(O)CO[C@@H]1C[C@@H]2N=O. The number of nitrogens with zero attached hydrogens (tertiary/aromatic N) is 1. The van der Waals surface area contributed by atoms with Crippen LogP contribution >= 0.6 is 0 Å². The second-order valence-corrected chi connectivity index (χ2v) is 12.2. The van der Waals surface area contributed by atoms with Crippen LogP contribution in [0.15, 0.2) is 46.7 Å². The molecule has 2 unspecified atom stereocenters. The maximum Gasteiger partial charge on any atom is 0.303 e. The van der Waals surface area contributed by atoms with E-state index in [4.69, 9.17) is 14.2 Å². The summed E-state index contributed by atoms with van der Waals surface area (Å²) in [4.78, 5) is 24.6. The maximum absolute atomic E-state index is 12.7. The number of rotatable bonds is 4. The number of hydrogen-bond donors (Lipinski definition) is 3. The van der Waals surface area contributed by atoms with Crippen molar-refractivity contribution in [1.29, 1.82) is 0 Å². The third kappa shape index (κ3) is 3.61. The van der Waals surface area contributed by atoms with Gasteiger partial charge in [-0.15, -0.1) is 0 Å². The van der Waals surface area contributed by atoms with Gasteiger partial charge in [-0.05, 0) is 36.6 Å². The number of para-hydroxylation sites is 1. The number of carbonyl (C=O) groups is 1. The van der Waals surface area contributed by atoms with E-state index in [2.05, 4.69) is 5.18 Å². The zero-order valence-electron chi connectivity index (χ0n) is 22.0. The molecule has 1 saturated heterocycles. The van der Waals surface area contributed by atoms with Gasteiger partial charge in [-0.1, -0.05) is 44.1 Å². The first-order chi connectivity index (χ1) is 17.3. The Bertz CT molecular complexity index is 1120. The highest BCUT2D eigenvalue weighted by Gasteiger charge is 2.74. The van der Waals surface area contributed by atoms with Crippen molar-refractivity contribution in [1.82, 2.24) is 0 Å². The summed E-state index contributed by atoms with van der Waals surface area (Å²) in [6, 6.07) is 8.23. The Morgan fingerprint density at radius 1 is 1.14 bits per heavy atom. The van der Waals surface area contributed by atoms with Crippen LogP contribution in [0, 0.1) is 21.7 Å². The molecule has 3 N–H and O–H groups in total. The smallest absolute Gasteiger partial charge is 0.303 e. The van der Waals surface area contributed by atoms with Gasteiger partial charge in [-0.25, -0.2) is 0 Å². The van der Waals surface area contributed by atoms with E-state index >= 15 is 0 Å². The van der Waals surface area contributed by atoms with Gasteiger partial charge in [-0.3, -0.25) is 4.79 Å². The van der Waals surface area contributed by atoms with Crippen LogP contribution in [0.1, 0.15) is 53.9 Å². The number of fused-ring (bicyclic) bond motifs is 5. The summed E-state index contributed by atoms with van der Waals surface area (Å²) in [6.45, 7) is 8.68. The highest BCUT2D eigenvalue weighted by atomic mass is 16.6. The van der Waals surface area contributed by atoms with Crippen LogP contribution in [-0.2, 0) is 14.3 Å². The molecule has 9 heteroatoms. The molecule has 0 spiro atoms. The molecule has 3 fully saturated rings. The number of esters is 1. The van der Waals surface area contributed by atoms with Crippen LogP contribution < -0.4 is 4.74 Å². The van der Waals surface area contributed by atoms with Crippen molar-refractivity contribution in [3.63, 3.8) is 0 Å². The van der Waals surface area contributed by atoms with Crippen molar-refractivity contribution in [2.45, 2.75) is 95.5 Å². The highest BCUT2D eigenvalue weighted by molar-refractivity contribution is 5.66. The second kappa shape index (κ2) is 8.59. The molecule has 2 bridgehead atoms. The molecule has 3 aliphatic carbocycles. The molecule has 0 amide bonds. The number of carbonyl (C=O) groups excluding carboxylic acids is 1. The van der Waals surface area contributed by atoms with Crippen molar-refractivity contribution < 1.29 is 34.3 Å². The largest absolute Gasteiger partial charge is 0.487 e. The summed E-state index contributed by atoms with van der Waals surface area (Å²) < 4.78 is 18.2. The van der Waals surface area contributed by atoms with E-state index in [0.29, 0.717) is 16.9 Å². The quantitative estimate of drug-likeness (QED) is 0.317. The van der Waals surface area contributed by atoms with E-state index in [-0.39, 0.29) is 25.9 Å². The van der Waals surface area contributed by atoms with Gasteiger partial charge in [0.05, 0.1) is 18.8 Å². The standard InChI is InChI=1S/C28H37NO8/c1-15-18(31)12-28(33)24(37-17-9-7-6-8-10-17)23-26(5,20(29-34)11-21-27(23,32)14-35-21)13-19(36-16(2)30)22(15)25(28,3)4/h6-10,18-21,23-24,31-33H,11-14H2,1-5H3/t18-,19?,20-,21+,23?,24-,26+,27-,28+/m0/s1. The van der Waals surface area contributed by atoms with Crippen molar-refractivity contribution in [3.8, 4) is 5.75 Å². The molecular formula is C28H37NO8. The molecule has 9 nitrogen and oxygen atoms in total. The molecule has 4 aliphatic rings. The summed E-state index contributed by atoms with van der Waals surface area (Å²) in [5.74, 6) is -0.859. The third-order valence-corrected chi connectivity index (χ3v) is 9.87. The Kier molecular flexibility index (Phi) is 6.10. The summed E-state index contributed by atoms with van der Waals surface area (Å²) in [5, 5.41) is 39.5. The van der Waals surface area contributed by atoms with E-state index in [1.807, 2.05) is 39.0 Å². The number of benzene rings is 1. The van der Waals surface area contributed by atoms with Gasteiger partial charge in [0.25, 0.3) is 0 Å². The maximum atomic E-state index is 12.7. The predicted molar refractivity (Wildman–Crippen MR) is 134 cm³/mol. The van der Waals surface area contributed by atoms with Crippen LogP contribution in [0.2, 0.25) is 0 Å². The number of ether oxygens (including phenoxy) is 3. The van der Waals surface area contributed by atoms with Crippen LogP contribution in [0.3, 0.4) is 0 Å². The lowest BCUT2D eigenvalue weighted by Gasteiger charge is -2.67. The molecule has 5 rings (SSSR count). The van der Waals surface area contributed by atoms with Crippen LogP contribution in [0.25, 0.3) is 0 Å². The monoisotopic (exact) mass is 515 g/mol. The van der Waals surface area contributed by atoms with E-state index in [1.54, 1.807) is 19.1 Å². The normalized spacial score (nSPS) is 44.3. The first-order valence-electron chi connectivity index (χ1n) is 13.0. The van der Waals surface area contributed by atoms with Gasteiger partial charge in [0, 0.05) is 36.5 Å². The fraction of sp³-hybridized carbons (Fsp3) is 0.679. The number of aliphatic hydroxyl groups is 3. The Hall–Kier alpha value is -2.33. The van der Waals surface area contributed by atoms with Gasteiger partial charge in [-0.2, -0.15) is 4.91 Å². The molecule has 202 valence electrons. The molecule has 1 aliphatic heterocycles. The topological polar surface area (TPSA) is 135 Å². The average Bonchev–Trinajstić information content (AvgIpc) is 2.81. The lowest BCUT2D eigenvalue weighted by Crippen LogP contribution is -2.79. The van der Waals surface area contributed by atoms with Crippen molar-refractivity contribution in [2.24, 2.45) is 21.9 Å². The fourth-order valence-electron chi connectivity index (χ4n) is 7.84. The van der Waals surface area contributed by atoms with Gasteiger partial charge < -0.3 is 29.5 Å². The zero-order chi connectivity index (χ0) is 27.0. The van der Waals surface area contributed by atoms with Crippen molar-refractivity contribution in [2.75, 3.05) is 6.61 Å². The van der Waals surface area contributed by atoms with Gasteiger partial charge in [0.1, 0.15) is 35.2 Å². The van der Waals surface area contributed by atoms with E-state index in [0.717, 1.165) is 0 Å². The molecule has 1 heterocycles. The molecule has 2 saturated carbocycles. The summed E-state index contributed by atoms with van der Waals surface area (Å²) in [5.41, 5.74) is -3.97. The first-order valence-corrected chi connectivity index (χ1v) is 13.0. The first kappa shape index (κ1) is 26.3. The minimum Gasteiger partial charge on any atom is -0.487 e. The van der Waals surface area contributed by atoms with Crippen molar-refractivity contribution in [3.05, 3.63) is 46.4 Å². The van der Waals surface area contributed by atoms with Gasteiger partial charge in [0.2, 0.25) is 0 Å². The number of hydrogen-bond acceptors (Lipinski definition) is 9. The van der Waals surface area contributed by atoms with Crippen LogP contribution in [-0.4, -0.2) is 69.6 Å². The Balaban J connectivity index is 1.80. The highest BCUT2D eigenvalue weighted by Crippen LogP contribution is 2.64.